The fourth-order valence-electron chi connectivity index (χ4n) is 1.49. The van der Waals surface area contributed by atoms with Crippen LogP contribution in [0.3, 0.4) is 0 Å². The lowest BCUT2D eigenvalue weighted by Crippen LogP contribution is -3.02. The Morgan fingerprint density at radius 2 is 1.31 bits per heavy atom. The Balaban J connectivity index is 3.30. The number of hydrogen-bond acceptors (Lipinski definition) is 10. The molecule has 10 nitrogen and oxygen atoms in total. The molecule has 0 saturated carbocycles. The molecule has 1 atom stereocenters. The smallest absolute Gasteiger partial charge is 0.208 e. The van der Waals surface area contributed by atoms with Crippen molar-refractivity contribution in [3.8, 4) is 0 Å². The van der Waals surface area contributed by atoms with Crippen LogP contribution in [0, 0.1) is 0 Å². The van der Waals surface area contributed by atoms with E-state index in [1.807, 2.05) is 0 Å². The predicted octanol–water partition coefficient (Wildman–Crippen LogP) is -5.60. The van der Waals surface area contributed by atoms with Gasteiger partial charge in [-0.3, -0.25) is 11.5 Å². The van der Waals surface area contributed by atoms with Gasteiger partial charge in [0.25, 0.3) is 0 Å². The molecule has 0 aromatic rings. The molecule has 0 aliphatic carbocycles. The molecule has 1 saturated heterocycles. The molecule has 1 aliphatic heterocycles. The molecule has 0 amide bonds. The van der Waals surface area contributed by atoms with Crippen molar-refractivity contribution < 1.29 is 9.47 Å². The highest BCUT2D eigenvalue weighted by atomic mass is 16.7. The number of nitrogens with two attached hydrogens (primary N) is 8. The van der Waals surface area contributed by atoms with Gasteiger partial charge in [-0.2, -0.15) is 0 Å². The lowest BCUT2D eigenvalue weighted by molar-refractivity contribution is -0.302. The van der Waals surface area contributed by atoms with E-state index in [1.165, 1.54) is 7.11 Å². The predicted molar refractivity (Wildman–Crippen MR) is 56.3 cm³/mol. The summed E-state index contributed by atoms with van der Waals surface area (Å²) >= 11 is 0. The average Bonchev–Trinajstić information content (AvgIpc) is 2.11. The maximum Gasteiger partial charge on any atom is 0.208 e. The Kier molecular flexibility index (Phi) is 2.82. The Labute approximate surface area is 92.5 Å². The second kappa shape index (κ2) is 3.30. The van der Waals surface area contributed by atoms with Crippen molar-refractivity contribution in [2.24, 2.45) is 45.9 Å². The number of methoxy groups -OCH3 is 1. The quantitative estimate of drug-likeness (QED) is 0.201. The maximum atomic E-state index is 5.73. The van der Waals surface area contributed by atoms with Crippen LogP contribution in [0.4, 0.5) is 0 Å². The average molecular weight is 236 g/mol. The first-order valence-electron chi connectivity index (χ1n) is 4.43. The minimum atomic E-state index is -2.06. The first kappa shape index (κ1) is 13.7. The van der Waals surface area contributed by atoms with Crippen LogP contribution in [0.2, 0.25) is 0 Å². The van der Waals surface area contributed by atoms with Crippen LogP contribution in [0.25, 0.3) is 0 Å². The summed E-state index contributed by atoms with van der Waals surface area (Å²) in [5, 5.41) is 0. The second-order valence-corrected chi connectivity index (χ2v) is 4.15. The summed E-state index contributed by atoms with van der Waals surface area (Å²) in [7, 11) is 1.27. The van der Waals surface area contributed by atoms with Crippen LogP contribution in [0.1, 0.15) is 0 Å². The first-order chi connectivity index (χ1) is 6.92. The van der Waals surface area contributed by atoms with Crippen LogP contribution in [-0.4, -0.2) is 36.2 Å². The summed E-state index contributed by atoms with van der Waals surface area (Å²) in [6.45, 7) is 0. The lowest BCUT2D eigenvalue weighted by Gasteiger charge is -2.60. The van der Waals surface area contributed by atoms with Gasteiger partial charge in [0.1, 0.15) is 5.66 Å². The molecule has 96 valence electrons. The maximum absolute atomic E-state index is 5.73. The van der Waals surface area contributed by atoms with E-state index in [2.05, 4.69) is 0 Å². The third kappa shape index (κ3) is 1.38. The summed E-state index contributed by atoms with van der Waals surface area (Å²) in [4.78, 5) is 0. The molecule has 1 fully saturated rings. The molecule has 16 heavy (non-hydrogen) atoms. The Morgan fingerprint density at radius 3 is 1.69 bits per heavy atom. The van der Waals surface area contributed by atoms with Gasteiger partial charge >= 0.3 is 0 Å². The lowest BCUT2D eigenvalue weighted by atomic mass is 9.77. The Bertz CT molecular complexity index is 288. The zero-order chi connectivity index (χ0) is 13.0. The molecule has 0 radical (unpaired) electrons. The zero-order valence-electron chi connectivity index (χ0n) is 9.01. The van der Waals surface area contributed by atoms with Crippen molar-refractivity contribution >= 4 is 0 Å². The highest BCUT2D eigenvalue weighted by molar-refractivity contribution is 5.21. The highest BCUT2D eigenvalue weighted by Crippen LogP contribution is 2.33. The van der Waals surface area contributed by atoms with Gasteiger partial charge in [0.2, 0.25) is 5.85 Å². The summed E-state index contributed by atoms with van der Waals surface area (Å²) in [5.41, 5.74) is 39.4. The molecule has 1 unspecified atom stereocenters. The Morgan fingerprint density at radius 1 is 0.875 bits per heavy atom. The minimum Gasteiger partial charge on any atom is -0.353 e. The third-order valence-electron chi connectivity index (χ3n) is 2.95. The number of rotatable bonds is 1. The van der Waals surface area contributed by atoms with E-state index in [0.717, 1.165) is 0 Å². The molecule has 0 aromatic carbocycles. The van der Waals surface area contributed by atoms with Crippen molar-refractivity contribution in [2.45, 2.75) is 29.1 Å². The van der Waals surface area contributed by atoms with Crippen LogP contribution in [0.15, 0.2) is 0 Å². The standard InChI is InChI=1S/C6H20N8O2/c1-15-2-3(7,8)4(9,10)5(11,12)6(13,14)16-2/h2H,7-14H2,1H3. The van der Waals surface area contributed by atoms with Crippen LogP contribution in [0.5, 0.6) is 0 Å². The molecular weight excluding hydrogens is 216 g/mol. The number of ether oxygens (including phenoxy) is 2. The molecule has 16 N–H and O–H groups in total. The largest absolute Gasteiger partial charge is 0.353 e. The molecular formula is C6H20N8O2. The summed E-state index contributed by atoms with van der Waals surface area (Å²) in [5.74, 6) is -2.04. The van der Waals surface area contributed by atoms with Gasteiger partial charge in [0, 0.05) is 7.11 Å². The van der Waals surface area contributed by atoms with E-state index >= 15 is 0 Å². The van der Waals surface area contributed by atoms with E-state index in [4.69, 9.17) is 55.3 Å². The molecule has 0 spiro atoms. The van der Waals surface area contributed by atoms with Gasteiger partial charge < -0.3 is 43.9 Å². The van der Waals surface area contributed by atoms with E-state index in [-0.39, 0.29) is 0 Å². The van der Waals surface area contributed by atoms with Crippen LogP contribution in [-0.2, 0) is 9.47 Å². The van der Waals surface area contributed by atoms with Crippen molar-refractivity contribution in [3.05, 3.63) is 0 Å². The van der Waals surface area contributed by atoms with Gasteiger partial charge in [0.15, 0.2) is 17.6 Å². The molecule has 0 aromatic heterocycles. The van der Waals surface area contributed by atoms with Gasteiger partial charge in [-0.15, -0.1) is 0 Å². The van der Waals surface area contributed by atoms with Crippen LogP contribution >= 0.6 is 0 Å². The van der Waals surface area contributed by atoms with Gasteiger partial charge in [-0.1, -0.05) is 0 Å². The van der Waals surface area contributed by atoms with E-state index in [1.54, 1.807) is 0 Å². The fourth-order valence-corrected chi connectivity index (χ4v) is 1.49. The molecule has 10 heteroatoms. The van der Waals surface area contributed by atoms with Gasteiger partial charge in [-0.25, -0.2) is 0 Å². The van der Waals surface area contributed by atoms with E-state index in [9.17, 15) is 0 Å². The van der Waals surface area contributed by atoms with E-state index in [0.29, 0.717) is 0 Å². The SMILES string of the molecule is COC1OC(N)(N)C(N)(N)C(N)(N)C1(N)N. The fraction of sp³-hybridized carbons (Fsp3) is 1.00. The van der Waals surface area contributed by atoms with Crippen molar-refractivity contribution in [1.29, 1.82) is 0 Å². The monoisotopic (exact) mass is 236 g/mol. The van der Waals surface area contributed by atoms with Gasteiger partial charge in [0.05, 0.1) is 0 Å². The van der Waals surface area contributed by atoms with Crippen molar-refractivity contribution in [2.75, 3.05) is 7.11 Å². The molecule has 1 heterocycles. The molecule has 1 aliphatic rings. The summed E-state index contributed by atoms with van der Waals surface area (Å²) in [6.07, 6.45) is -1.25. The Hall–Kier alpha value is -0.400. The zero-order valence-corrected chi connectivity index (χ0v) is 9.01. The number of hydrogen-bond donors (Lipinski definition) is 8. The second-order valence-electron chi connectivity index (χ2n) is 4.15. The van der Waals surface area contributed by atoms with Crippen LogP contribution < -0.4 is 45.9 Å². The van der Waals surface area contributed by atoms with E-state index < -0.39 is 29.1 Å². The topological polar surface area (TPSA) is 227 Å². The third-order valence-corrected chi connectivity index (χ3v) is 2.95. The van der Waals surface area contributed by atoms with Crippen molar-refractivity contribution in [3.63, 3.8) is 0 Å². The molecule has 0 bridgehead atoms. The van der Waals surface area contributed by atoms with Gasteiger partial charge in [-0.05, 0) is 0 Å². The minimum absolute atomic E-state index is 1.25. The summed E-state index contributed by atoms with van der Waals surface area (Å²) < 4.78 is 9.93. The first-order valence-corrected chi connectivity index (χ1v) is 4.43. The van der Waals surface area contributed by atoms with Crippen molar-refractivity contribution in [1.82, 2.24) is 0 Å². The normalized spacial score (nSPS) is 34.7. The molecule has 1 rings (SSSR count). The summed E-state index contributed by atoms with van der Waals surface area (Å²) in [6, 6.07) is 0. The highest BCUT2D eigenvalue weighted by Gasteiger charge is 2.69.